The molecule has 0 radical (unpaired) electrons. The molecule has 10 heteroatoms. The summed E-state index contributed by atoms with van der Waals surface area (Å²) in [6, 6.07) is 7.56. The van der Waals surface area contributed by atoms with Crippen LogP contribution in [-0.4, -0.2) is 78.2 Å². The molecule has 6 heterocycles. The Morgan fingerprint density at radius 3 is 2.47 bits per heavy atom. The molecule has 10 nitrogen and oxygen atoms in total. The Balaban J connectivity index is 1.38. The van der Waals surface area contributed by atoms with E-state index in [1.165, 1.54) is 0 Å². The highest BCUT2D eigenvalue weighted by atomic mass is 16.9. The molecule has 0 bridgehead atoms. The van der Waals surface area contributed by atoms with Gasteiger partial charge in [0.1, 0.15) is 23.9 Å². The van der Waals surface area contributed by atoms with Crippen LogP contribution in [0.2, 0.25) is 0 Å². The van der Waals surface area contributed by atoms with Crippen LogP contribution in [0.4, 0.5) is 5.69 Å². The molecule has 38 heavy (non-hydrogen) atoms. The number of nitrogens with zero attached hydrogens (tertiary/aromatic N) is 1. The van der Waals surface area contributed by atoms with Crippen LogP contribution in [0.1, 0.15) is 53.0 Å². The number of ether oxygens (including phenoxy) is 6. The minimum atomic E-state index is -1.19. The van der Waals surface area contributed by atoms with E-state index in [1.807, 2.05) is 52.0 Å². The first-order chi connectivity index (χ1) is 18.1. The molecular weight excluding hydrogens is 492 g/mol. The number of esters is 1. The fourth-order valence-corrected chi connectivity index (χ4v) is 8.09. The SMILES string of the molecule is CCOC(=O)[C@H]1[C@@H]([C@H]2O[C@@H]3OC(C)(C)O[C@@H]3[C@H]3OC(C)(C)O[C@H]32)C2CCCN2[C@]12C(=O)Nc1ccccc12. The Morgan fingerprint density at radius 2 is 1.71 bits per heavy atom. The summed E-state index contributed by atoms with van der Waals surface area (Å²) in [6.07, 6.45) is -0.961. The number of carbonyl (C=O) groups is 2. The van der Waals surface area contributed by atoms with Crippen LogP contribution in [0.5, 0.6) is 0 Å². The Kier molecular flexibility index (Phi) is 5.39. The van der Waals surface area contributed by atoms with Gasteiger partial charge < -0.3 is 33.7 Å². The second kappa shape index (κ2) is 8.22. The summed E-state index contributed by atoms with van der Waals surface area (Å²) < 4.78 is 37.7. The number of rotatable bonds is 3. The lowest BCUT2D eigenvalue weighted by Gasteiger charge is -2.42. The van der Waals surface area contributed by atoms with E-state index in [9.17, 15) is 9.59 Å². The van der Waals surface area contributed by atoms with Crippen molar-refractivity contribution in [1.29, 1.82) is 0 Å². The van der Waals surface area contributed by atoms with E-state index >= 15 is 0 Å². The van der Waals surface area contributed by atoms with E-state index in [-0.39, 0.29) is 18.6 Å². The second-order valence-electron chi connectivity index (χ2n) is 12.1. The van der Waals surface area contributed by atoms with Crippen molar-refractivity contribution in [2.75, 3.05) is 18.5 Å². The van der Waals surface area contributed by atoms with E-state index in [0.717, 1.165) is 24.1 Å². The van der Waals surface area contributed by atoms with Crippen LogP contribution in [0.15, 0.2) is 24.3 Å². The molecule has 6 aliphatic rings. The third kappa shape index (κ3) is 3.28. The van der Waals surface area contributed by atoms with Gasteiger partial charge in [0, 0.05) is 23.2 Å². The molecule has 1 amide bonds. The second-order valence-corrected chi connectivity index (χ2v) is 12.1. The van der Waals surface area contributed by atoms with Crippen molar-refractivity contribution in [2.24, 2.45) is 11.8 Å². The predicted molar refractivity (Wildman–Crippen MR) is 133 cm³/mol. The number of hydrogen-bond acceptors (Lipinski definition) is 9. The highest BCUT2D eigenvalue weighted by molar-refractivity contribution is 6.09. The summed E-state index contributed by atoms with van der Waals surface area (Å²) in [7, 11) is 0. The Labute approximate surface area is 222 Å². The number of nitrogens with one attached hydrogen (secondary N) is 1. The van der Waals surface area contributed by atoms with Crippen molar-refractivity contribution in [1.82, 2.24) is 4.90 Å². The normalized spacial score (nSPS) is 44.0. The number of hydrogen-bond donors (Lipinski definition) is 1. The Hall–Kier alpha value is -2.08. The highest BCUT2D eigenvalue weighted by Crippen LogP contribution is 2.61. The smallest absolute Gasteiger partial charge is 0.312 e. The predicted octanol–water partition coefficient (Wildman–Crippen LogP) is 2.50. The number of fused-ring (bicyclic) bond motifs is 7. The molecule has 0 aromatic heterocycles. The van der Waals surface area contributed by atoms with Crippen molar-refractivity contribution in [3.05, 3.63) is 29.8 Å². The van der Waals surface area contributed by atoms with Crippen molar-refractivity contribution >= 4 is 17.6 Å². The average Bonchev–Trinajstić information content (AvgIpc) is 3.61. The van der Waals surface area contributed by atoms with Gasteiger partial charge in [-0.15, -0.1) is 0 Å². The lowest BCUT2D eigenvalue weighted by atomic mass is 9.70. The Bertz CT molecular complexity index is 1170. The van der Waals surface area contributed by atoms with Gasteiger partial charge in [0.05, 0.1) is 18.6 Å². The molecule has 1 N–H and O–H groups in total. The van der Waals surface area contributed by atoms with Gasteiger partial charge in [0.2, 0.25) is 0 Å². The molecule has 7 rings (SSSR count). The molecule has 0 aliphatic carbocycles. The quantitative estimate of drug-likeness (QED) is 0.593. The summed E-state index contributed by atoms with van der Waals surface area (Å²) in [5.74, 6) is -3.52. The number of amides is 1. The first-order valence-electron chi connectivity index (χ1n) is 13.8. The fourth-order valence-electron chi connectivity index (χ4n) is 8.09. The summed E-state index contributed by atoms with van der Waals surface area (Å²) in [5.41, 5.74) is 0.357. The maximum absolute atomic E-state index is 14.0. The summed E-state index contributed by atoms with van der Waals surface area (Å²) >= 11 is 0. The largest absolute Gasteiger partial charge is 0.466 e. The van der Waals surface area contributed by atoms with Crippen LogP contribution in [0.25, 0.3) is 0 Å². The van der Waals surface area contributed by atoms with E-state index in [0.29, 0.717) is 6.54 Å². The average molecular weight is 529 g/mol. The zero-order valence-electron chi connectivity index (χ0n) is 22.5. The molecule has 1 spiro atoms. The van der Waals surface area contributed by atoms with E-state index < -0.39 is 65.6 Å². The Morgan fingerprint density at radius 1 is 1.03 bits per heavy atom. The van der Waals surface area contributed by atoms with E-state index in [2.05, 4.69) is 10.2 Å². The topological polar surface area (TPSA) is 105 Å². The van der Waals surface area contributed by atoms with Gasteiger partial charge in [-0.25, -0.2) is 0 Å². The maximum Gasteiger partial charge on any atom is 0.312 e. The van der Waals surface area contributed by atoms with Gasteiger partial charge in [0.15, 0.2) is 17.9 Å². The minimum absolute atomic E-state index is 0.0915. The first kappa shape index (κ1) is 24.9. The molecule has 206 valence electrons. The van der Waals surface area contributed by atoms with Gasteiger partial charge in [-0.2, -0.15) is 0 Å². The van der Waals surface area contributed by atoms with Crippen LogP contribution in [0, 0.1) is 11.8 Å². The first-order valence-corrected chi connectivity index (χ1v) is 13.8. The lowest BCUT2D eigenvalue weighted by molar-refractivity contribution is -0.249. The van der Waals surface area contributed by atoms with Crippen molar-refractivity contribution < 1.29 is 38.0 Å². The third-order valence-corrected chi connectivity index (χ3v) is 9.07. The van der Waals surface area contributed by atoms with Gasteiger partial charge in [-0.3, -0.25) is 14.5 Å². The molecular formula is C28H36N2O8. The monoisotopic (exact) mass is 528 g/mol. The van der Waals surface area contributed by atoms with Crippen LogP contribution in [-0.2, 0) is 43.5 Å². The van der Waals surface area contributed by atoms with Gasteiger partial charge in [-0.05, 0) is 60.1 Å². The van der Waals surface area contributed by atoms with Gasteiger partial charge >= 0.3 is 5.97 Å². The molecule has 1 aromatic rings. The van der Waals surface area contributed by atoms with E-state index in [4.69, 9.17) is 28.4 Å². The standard InChI is InChI=1S/C28H36N2O8/c1-6-33-23(31)18-17(16-12-9-13-30(16)28(18)14-10-7-8-11-15(14)29-25(28)32)19-20-21(36-26(2,3)35-20)22-24(34-19)38-27(4,5)37-22/h7-8,10-11,16-22,24H,6,9,12-13H2,1-5H3,(H,29,32)/t16?,17-,18+,19+,20-,21-,22+,24+,28-/m0/s1. The van der Waals surface area contributed by atoms with Gasteiger partial charge in [-0.1, -0.05) is 18.2 Å². The number of carbonyl (C=O) groups excluding carboxylic acids is 2. The van der Waals surface area contributed by atoms with E-state index in [1.54, 1.807) is 6.92 Å². The van der Waals surface area contributed by atoms with Crippen molar-refractivity contribution in [3.63, 3.8) is 0 Å². The summed E-state index contributed by atoms with van der Waals surface area (Å²) in [4.78, 5) is 30.2. The zero-order valence-corrected chi connectivity index (χ0v) is 22.5. The molecule has 5 fully saturated rings. The molecule has 5 saturated heterocycles. The summed E-state index contributed by atoms with van der Waals surface area (Å²) in [5, 5.41) is 3.07. The molecule has 0 saturated carbocycles. The fraction of sp³-hybridized carbons (Fsp3) is 0.714. The number of para-hydroxylation sites is 1. The zero-order chi connectivity index (χ0) is 26.6. The molecule has 6 aliphatic heterocycles. The van der Waals surface area contributed by atoms with Gasteiger partial charge in [0.25, 0.3) is 5.91 Å². The van der Waals surface area contributed by atoms with Crippen LogP contribution < -0.4 is 5.32 Å². The van der Waals surface area contributed by atoms with Crippen LogP contribution in [0.3, 0.4) is 0 Å². The highest BCUT2D eigenvalue weighted by Gasteiger charge is 2.74. The molecule has 1 aromatic carbocycles. The lowest BCUT2D eigenvalue weighted by Crippen LogP contribution is -2.60. The minimum Gasteiger partial charge on any atom is -0.466 e. The number of anilines is 1. The van der Waals surface area contributed by atoms with Crippen LogP contribution >= 0.6 is 0 Å². The number of benzene rings is 1. The van der Waals surface area contributed by atoms with Crippen molar-refractivity contribution in [2.45, 2.75) is 101 Å². The van der Waals surface area contributed by atoms with Crippen molar-refractivity contribution in [3.8, 4) is 0 Å². The maximum atomic E-state index is 14.0. The summed E-state index contributed by atoms with van der Waals surface area (Å²) in [6.45, 7) is 10.2. The third-order valence-electron chi connectivity index (χ3n) is 9.07. The molecule has 9 atom stereocenters. The molecule has 1 unspecified atom stereocenters.